The molecule has 0 amide bonds. The highest BCUT2D eigenvalue weighted by molar-refractivity contribution is 7.89. The van der Waals surface area contributed by atoms with Crippen LogP contribution in [-0.2, 0) is 16.2 Å². The van der Waals surface area contributed by atoms with Crippen molar-refractivity contribution >= 4 is 21.6 Å². The van der Waals surface area contributed by atoms with Crippen LogP contribution in [0.25, 0.3) is 0 Å². The van der Waals surface area contributed by atoms with Crippen molar-refractivity contribution in [1.29, 1.82) is 0 Å². The first-order chi connectivity index (χ1) is 12.2. The predicted octanol–water partition coefficient (Wildman–Crippen LogP) is 4.67. The third kappa shape index (κ3) is 3.72. The van der Waals surface area contributed by atoms with Gasteiger partial charge in [0, 0.05) is 18.9 Å². The van der Waals surface area contributed by atoms with Crippen LogP contribution in [0.2, 0.25) is 5.02 Å². The van der Waals surface area contributed by atoms with E-state index in [1.165, 1.54) is 4.31 Å². The molecular formula is C17H16ClF3N2O2S. The molecule has 1 unspecified atom stereocenters. The maximum absolute atomic E-state index is 13.1. The van der Waals surface area contributed by atoms with Gasteiger partial charge >= 0.3 is 6.18 Å². The van der Waals surface area contributed by atoms with Crippen LogP contribution in [0.3, 0.4) is 0 Å². The van der Waals surface area contributed by atoms with Crippen LogP contribution < -0.4 is 0 Å². The van der Waals surface area contributed by atoms with E-state index in [-0.39, 0.29) is 11.4 Å². The van der Waals surface area contributed by atoms with Crippen molar-refractivity contribution < 1.29 is 21.6 Å². The van der Waals surface area contributed by atoms with Crippen molar-refractivity contribution in [1.82, 2.24) is 9.29 Å². The first-order valence-electron chi connectivity index (χ1n) is 8.00. The minimum Gasteiger partial charge on any atom is -0.264 e. The molecule has 2 aromatic rings. The number of benzene rings is 1. The van der Waals surface area contributed by atoms with Crippen LogP contribution in [0.5, 0.6) is 0 Å². The van der Waals surface area contributed by atoms with Gasteiger partial charge in [-0.15, -0.1) is 0 Å². The summed E-state index contributed by atoms with van der Waals surface area (Å²) in [5, 5.41) is -0.435. The number of hydrogen-bond acceptors (Lipinski definition) is 3. The molecule has 2 heterocycles. The molecule has 1 aromatic carbocycles. The minimum atomic E-state index is -4.59. The second kappa shape index (κ2) is 7.17. The van der Waals surface area contributed by atoms with Crippen LogP contribution in [0.1, 0.15) is 36.4 Å². The molecule has 0 spiro atoms. The van der Waals surface area contributed by atoms with Crippen LogP contribution in [0.15, 0.2) is 47.6 Å². The lowest BCUT2D eigenvalue weighted by Crippen LogP contribution is -2.38. The summed E-state index contributed by atoms with van der Waals surface area (Å²) < 4.78 is 65.9. The molecule has 0 bridgehead atoms. The van der Waals surface area contributed by atoms with Gasteiger partial charge in [0.05, 0.1) is 16.6 Å². The Labute approximate surface area is 154 Å². The van der Waals surface area contributed by atoms with Crippen molar-refractivity contribution in [2.75, 3.05) is 6.54 Å². The fourth-order valence-electron chi connectivity index (χ4n) is 3.11. The van der Waals surface area contributed by atoms with Crippen LogP contribution in [-0.4, -0.2) is 24.3 Å². The van der Waals surface area contributed by atoms with Crippen LogP contribution in [0, 0.1) is 0 Å². The highest BCUT2D eigenvalue weighted by atomic mass is 35.5. The molecule has 1 aliphatic heterocycles. The SMILES string of the molecule is O=S(=O)(c1ccc(C(F)(F)F)cc1Cl)N1CCCCC1c1cccnc1. The molecule has 1 saturated heterocycles. The van der Waals surface area contributed by atoms with Gasteiger partial charge in [-0.2, -0.15) is 17.5 Å². The smallest absolute Gasteiger partial charge is 0.264 e. The molecule has 9 heteroatoms. The lowest BCUT2D eigenvalue weighted by atomic mass is 9.99. The Bertz CT molecular complexity index is 889. The number of piperidine rings is 1. The average molecular weight is 405 g/mol. The van der Waals surface area contributed by atoms with E-state index in [2.05, 4.69) is 4.98 Å². The predicted molar refractivity (Wildman–Crippen MR) is 91.2 cm³/mol. The van der Waals surface area contributed by atoms with Crippen molar-refractivity contribution in [2.24, 2.45) is 0 Å². The number of nitrogens with zero attached hydrogens (tertiary/aromatic N) is 2. The summed E-state index contributed by atoms with van der Waals surface area (Å²) in [7, 11) is -4.05. The maximum Gasteiger partial charge on any atom is 0.416 e. The largest absolute Gasteiger partial charge is 0.416 e. The van der Waals surface area contributed by atoms with E-state index in [9.17, 15) is 21.6 Å². The number of hydrogen-bond donors (Lipinski definition) is 0. The molecule has 1 fully saturated rings. The fourth-order valence-corrected chi connectivity index (χ4v) is 5.31. The van der Waals surface area contributed by atoms with Gasteiger partial charge in [0.25, 0.3) is 0 Å². The van der Waals surface area contributed by atoms with E-state index >= 15 is 0 Å². The Morgan fingerprint density at radius 1 is 1.19 bits per heavy atom. The summed E-state index contributed by atoms with van der Waals surface area (Å²) in [6, 6.07) is 5.41. The number of sulfonamides is 1. The lowest BCUT2D eigenvalue weighted by molar-refractivity contribution is -0.137. The normalized spacial score (nSPS) is 19.5. The Morgan fingerprint density at radius 2 is 1.96 bits per heavy atom. The molecule has 1 aliphatic rings. The second-order valence-electron chi connectivity index (χ2n) is 6.06. The summed E-state index contributed by atoms with van der Waals surface area (Å²) in [4.78, 5) is 3.72. The highest BCUT2D eigenvalue weighted by Crippen LogP contribution is 2.38. The van der Waals surface area contributed by atoms with Crippen molar-refractivity contribution in [2.45, 2.75) is 36.4 Å². The summed E-state index contributed by atoms with van der Waals surface area (Å²) in [5.74, 6) is 0. The Morgan fingerprint density at radius 3 is 2.58 bits per heavy atom. The Hall–Kier alpha value is -1.64. The van der Waals surface area contributed by atoms with Gasteiger partial charge in [0.15, 0.2) is 0 Å². The number of rotatable bonds is 3. The van der Waals surface area contributed by atoms with Gasteiger partial charge in [-0.25, -0.2) is 8.42 Å². The van der Waals surface area contributed by atoms with Gasteiger partial charge in [-0.05, 0) is 42.7 Å². The van der Waals surface area contributed by atoms with Gasteiger partial charge in [-0.1, -0.05) is 24.1 Å². The van der Waals surface area contributed by atoms with Crippen molar-refractivity contribution in [3.05, 3.63) is 58.9 Å². The molecular weight excluding hydrogens is 389 g/mol. The minimum absolute atomic E-state index is 0.277. The fraction of sp³-hybridized carbons (Fsp3) is 0.353. The Balaban J connectivity index is 2.01. The van der Waals surface area contributed by atoms with Gasteiger partial charge in [-0.3, -0.25) is 4.98 Å². The molecule has 1 atom stereocenters. The third-order valence-electron chi connectivity index (χ3n) is 4.37. The number of alkyl halides is 3. The topological polar surface area (TPSA) is 50.3 Å². The third-order valence-corrected chi connectivity index (χ3v) is 6.76. The molecule has 0 radical (unpaired) electrons. The molecule has 26 heavy (non-hydrogen) atoms. The summed E-state index contributed by atoms with van der Waals surface area (Å²) in [5.41, 5.74) is -0.234. The molecule has 4 nitrogen and oxygen atoms in total. The zero-order valence-corrected chi connectivity index (χ0v) is 15.2. The molecule has 1 aromatic heterocycles. The molecule has 0 aliphatic carbocycles. The first kappa shape index (κ1) is 19.1. The van der Waals surface area contributed by atoms with Gasteiger partial charge < -0.3 is 0 Å². The number of aromatic nitrogens is 1. The van der Waals surface area contributed by atoms with E-state index in [1.54, 1.807) is 24.5 Å². The van der Waals surface area contributed by atoms with Crippen molar-refractivity contribution in [3.63, 3.8) is 0 Å². The summed E-state index contributed by atoms with van der Waals surface area (Å²) >= 11 is 5.91. The maximum atomic E-state index is 13.1. The zero-order valence-electron chi connectivity index (χ0n) is 13.6. The first-order valence-corrected chi connectivity index (χ1v) is 9.81. The summed E-state index contributed by atoms with van der Waals surface area (Å²) in [6.45, 7) is 0.277. The number of pyridine rings is 1. The van der Waals surface area contributed by atoms with E-state index in [0.29, 0.717) is 18.9 Å². The van der Waals surface area contributed by atoms with Crippen LogP contribution in [0.4, 0.5) is 13.2 Å². The van der Waals surface area contributed by atoms with Crippen LogP contribution >= 0.6 is 11.6 Å². The zero-order chi connectivity index (χ0) is 18.9. The quantitative estimate of drug-likeness (QED) is 0.747. The summed E-state index contributed by atoms with van der Waals surface area (Å²) in [6.07, 6.45) is 0.754. The molecule has 3 rings (SSSR count). The lowest BCUT2D eigenvalue weighted by Gasteiger charge is -2.35. The highest BCUT2D eigenvalue weighted by Gasteiger charge is 2.37. The van der Waals surface area contributed by atoms with E-state index < -0.39 is 32.8 Å². The molecule has 0 N–H and O–H groups in total. The van der Waals surface area contributed by atoms with Gasteiger partial charge in [0.1, 0.15) is 4.90 Å². The van der Waals surface area contributed by atoms with E-state index in [1.807, 2.05) is 0 Å². The van der Waals surface area contributed by atoms with E-state index in [4.69, 9.17) is 11.6 Å². The van der Waals surface area contributed by atoms with E-state index in [0.717, 1.165) is 24.1 Å². The number of halogens is 4. The average Bonchev–Trinajstić information content (AvgIpc) is 2.61. The monoisotopic (exact) mass is 404 g/mol. The standard InChI is InChI=1S/C17H16ClF3N2O2S/c18-14-10-13(17(19,20)21)6-7-16(14)26(24,25)23-9-2-1-5-15(23)12-4-3-8-22-11-12/h3-4,6-8,10-11,15H,1-2,5,9H2. The Kier molecular flexibility index (Phi) is 5.28. The molecule has 140 valence electrons. The van der Waals surface area contributed by atoms with Crippen molar-refractivity contribution in [3.8, 4) is 0 Å². The van der Waals surface area contributed by atoms with Gasteiger partial charge in [0.2, 0.25) is 10.0 Å². The molecule has 0 saturated carbocycles. The second-order valence-corrected chi connectivity index (χ2v) is 8.32.